The monoisotopic (exact) mass is 167 g/mol. The molecule has 0 spiro atoms. The summed E-state index contributed by atoms with van der Waals surface area (Å²) in [5.74, 6) is 2.60. The largest absolute Gasteiger partial charge is 0.377 e. The molecule has 2 N–H and O–H groups in total. The molecule has 0 aromatic carbocycles. The molecule has 2 heteroatoms. The molecule has 0 bridgehead atoms. The maximum atomic E-state index is 5.91. The fraction of sp³-hybridized carbons (Fsp3) is 0.800. The molecule has 0 saturated carbocycles. The van der Waals surface area contributed by atoms with E-state index < -0.39 is 0 Å². The van der Waals surface area contributed by atoms with Gasteiger partial charge in [0, 0.05) is 19.1 Å². The van der Waals surface area contributed by atoms with Crippen LogP contribution in [0.3, 0.4) is 0 Å². The van der Waals surface area contributed by atoms with Gasteiger partial charge in [-0.25, -0.2) is 0 Å². The van der Waals surface area contributed by atoms with Crippen LogP contribution < -0.4 is 5.73 Å². The molecule has 1 aliphatic rings. The molecule has 12 heavy (non-hydrogen) atoms. The van der Waals surface area contributed by atoms with E-state index in [1.165, 1.54) is 12.8 Å². The number of hydrogen-bond acceptors (Lipinski definition) is 2. The molecule has 0 aromatic rings. The van der Waals surface area contributed by atoms with Crippen LogP contribution in [0.2, 0.25) is 0 Å². The van der Waals surface area contributed by atoms with Crippen molar-refractivity contribution in [1.29, 1.82) is 0 Å². The molecule has 1 fully saturated rings. The molecule has 0 aromatic heterocycles. The second-order valence-electron chi connectivity index (χ2n) is 3.31. The summed E-state index contributed by atoms with van der Waals surface area (Å²) in [6.07, 6.45) is 10.6. The van der Waals surface area contributed by atoms with E-state index in [4.69, 9.17) is 16.9 Å². The zero-order valence-corrected chi connectivity index (χ0v) is 7.46. The van der Waals surface area contributed by atoms with Gasteiger partial charge in [-0.15, -0.1) is 12.3 Å². The lowest BCUT2D eigenvalue weighted by Gasteiger charge is -2.27. The van der Waals surface area contributed by atoms with E-state index >= 15 is 0 Å². The third-order valence-corrected chi connectivity index (χ3v) is 2.31. The predicted molar refractivity (Wildman–Crippen MR) is 49.6 cm³/mol. The molecule has 1 heterocycles. The summed E-state index contributed by atoms with van der Waals surface area (Å²) in [6.45, 7) is 0.869. The van der Waals surface area contributed by atoms with Gasteiger partial charge >= 0.3 is 0 Å². The topological polar surface area (TPSA) is 35.2 Å². The SMILES string of the molecule is C#CCCC(N)C1CCCCO1. The van der Waals surface area contributed by atoms with E-state index in [0.29, 0.717) is 0 Å². The molecule has 1 aliphatic heterocycles. The van der Waals surface area contributed by atoms with Crippen molar-refractivity contribution < 1.29 is 4.74 Å². The zero-order valence-electron chi connectivity index (χ0n) is 7.46. The van der Waals surface area contributed by atoms with Crippen molar-refractivity contribution in [2.45, 2.75) is 44.2 Å². The second-order valence-corrected chi connectivity index (χ2v) is 3.31. The Hall–Kier alpha value is -0.520. The van der Waals surface area contributed by atoms with Crippen molar-refractivity contribution in [3.63, 3.8) is 0 Å². The van der Waals surface area contributed by atoms with Gasteiger partial charge in [0.05, 0.1) is 6.10 Å². The van der Waals surface area contributed by atoms with Gasteiger partial charge < -0.3 is 10.5 Å². The van der Waals surface area contributed by atoms with Gasteiger partial charge in [0.15, 0.2) is 0 Å². The Balaban J connectivity index is 2.21. The summed E-state index contributed by atoms with van der Waals surface area (Å²) in [4.78, 5) is 0. The Morgan fingerprint density at radius 3 is 3.00 bits per heavy atom. The molecule has 1 rings (SSSR count). The molecule has 1 saturated heterocycles. The number of hydrogen-bond donors (Lipinski definition) is 1. The highest BCUT2D eigenvalue weighted by molar-refractivity contribution is 4.87. The first-order valence-electron chi connectivity index (χ1n) is 4.65. The highest BCUT2D eigenvalue weighted by atomic mass is 16.5. The van der Waals surface area contributed by atoms with Crippen molar-refractivity contribution in [2.75, 3.05) is 6.61 Å². The number of nitrogens with two attached hydrogens (primary N) is 1. The summed E-state index contributed by atoms with van der Waals surface area (Å²) in [5.41, 5.74) is 5.91. The summed E-state index contributed by atoms with van der Waals surface area (Å²) in [6, 6.07) is 0.140. The maximum absolute atomic E-state index is 5.91. The molecule has 0 aliphatic carbocycles. The second kappa shape index (κ2) is 5.18. The number of terminal acetylenes is 1. The lowest BCUT2D eigenvalue weighted by molar-refractivity contribution is -0.000717. The van der Waals surface area contributed by atoms with Crippen LogP contribution in [0.25, 0.3) is 0 Å². The zero-order chi connectivity index (χ0) is 8.81. The van der Waals surface area contributed by atoms with Crippen LogP contribution in [0.5, 0.6) is 0 Å². The standard InChI is InChI=1S/C10H17NO/c1-2-3-6-9(11)10-7-4-5-8-12-10/h1,9-10H,3-8,11H2. The molecule has 0 amide bonds. The van der Waals surface area contributed by atoms with Gasteiger partial charge in [-0.1, -0.05) is 0 Å². The van der Waals surface area contributed by atoms with Crippen LogP contribution in [0.15, 0.2) is 0 Å². The highest BCUT2D eigenvalue weighted by Gasteiger charge is 2.20. The molecule has 2 nitrogen and oxygen atoms in total. The first kappa shape index (κ1) is 9.57. The van der Waals surface area contributed by atoms with Crippen molar-refractivity contribution in [3.8, 4) is 12.3 Å². The smallest absolute Gasteiger partial charge is 0.0726 e. The van der Waals surface area contributed by atoms with Gasteiger partial charge in [0.2, 0.25) is 0 Å². The van der Waals surface area contributed by atoms with Crippen LogP contribution in [0.4, 0.5) is 0 Å². The Labute approximate surface area is 74.5 Å². The predicted octanol–water partition coefficient (Wildman–Crippen LogP) is 1.30. The van der Waals surface area contributed by atoms with E-state index in [1.807, 2.05) is 0 Å². The van der Waals surface area contributed by atoms with E-state index in [0.717, 1.165) is 25.9 Å². The molecule has 2 atom stereocenters. The Morgan fingerprint density at radius 1 is 1.58 bits per heavy atom. The van der Waals surface area contributed by atoms with Crippen LogP contribution in [-0.4, -0.2) is 18.8 Å². The van der Waals surface area contributed by atoms with Gasteiger partial charge in [-0.2, -0.15) is 0 Å². The fourth-order valence-corrected chi connectivity index (χ4v) is 1.54. The number of rotatable bonds is 3. The summed E-state index contributed by atoms with van der Waals surface area (Å²) >= 11 is 0. The van der Waals surface area contributed by atoms with Crippen LogP contribution in [0, 0.1) is 12.3 Å². The van der Waals surface area contributed by atoms with Crippen molar-refractivity contribution in [3.05, 3.63) is 0 Å². The minimum absolute atomic E-state index is 0.140. The van der Waals surface area contributed by atoms with Crippen molar-refractivity contribution in [2.24, 2.45) is 5.73 Å². The average Bonchev–Trinajstić information content (AvgIpc) is 2.15. The Morgan fingerprint density at radius 2 is 2.42 bits per heavy atom. The van der Waals surface area contributed by atoms with Crippen LogP contribution in [-0.2, 0) is 4.74 Å². The third kappa shape index (κ3) is 2.84. The molecule has 0 radical (unpaired) electrons. The molecule has 2 unspecified atom stereocenters. The lowest BCUT2D eigenvalue weighted by Crippen LogP contribution is -2.38. The van der Waals surface area contributed by atoms with Gasteiger partial charge in [0.1, 0.15) is 0 Å². The first-order valence-corrected chi connectivity index (χ1v) is 4.65. The Kier molecular flexibility index (Phi) is 4.13. The van der Waals surface area contributed by atoms with Gasteiger partial charge in [0.25, 0.3) is 0 Å². The summed E-state index contributed by atoms with van der Waals surface area (Å²) in [7, 11) is 0. The minimum Gasteiger partial charge on any atom is -0.377 e. The minimum atomic E-state index is 0.140. The van der Waals surface area contributed by atoms with Gasteiger partial charge in [-0.05, 0) is 25.7 Å². The van der Waals surface area contributed by atoms with Crippen LogP contribution in [0.1, 0.15) is 32.1 Å². The van der Waals surface area contributed by atoms with Crippen molar-refractivity contribution in [1.82, 2.24) is 0 Å². The van der Waals surface area contributed by atoms with E-state index in [9.17, 15) is 0 Å². The van der Waals surface area contributed by atoms with E-state index in [-0.39, 0.29) is 12.1 Å². The molecular formula is C10H17NO. The third-order valence-electron chi connectivity index (χ3n) is 2.31. The Bertz CT molecular complexity index is 156. The summed E-state index contributed by atoms with van der Waals surface area (Å²) in [5, 5.41) is 0. The van der Waals surface area contributed by atoms with Crippen molar-refractivity contribution >= 4 is 0 Å². The fourth-order valence-electron chi connectivity index (χ4n) is 1.54. The van der Waals surface area contributed by atoms with Crippen LogP contribution >= 0.6 is 0 Å². The molecule has 68 valence electrons. The van der Waals surface area contributed by atoms with E-state index in [1.54, 1.807) is 0 Å². The summed E-state index contributed by atoms with van der Waals surface area (Å²) < 4.78 is 5.54. The average molecular weight is 167 g/mol. The first-order chi connectivity index (χ1) is 5.84. The highest BCUT2D eigenvalue weighted by Crippen LogP contribution is 2.16. The normalized spacial score (nSPS) is 26.2. The molecular weight excluding hydrogens is 150 g/mol. The quantitative estimate of drug-likeness (QED) is 0.643. The lowest BCUT2D eigenvalue weighted by atomic mass is 9.99. The van der Waals surface area contributed by atoms with Gasteiger partial charge in [-0.3, -0.25) is 0 Å². The van der Waals surface area contributed by atoms with E-state index in [2.05, 4.69) is 5.92 Å². The number of ether oxygens (including phenoxy) is 1. The maximum Gasteiger partial charge on any atom is 0.0726 e.